The molecule has 0 bridgehead atoms. The van der Waals surface area contributed by atoms with E-state index in [9.17, 15) is 9.18 Å². The highest BCUT2D eigenvalue weighted by atomic mass is 32.2. The quantitative estimate of drug-likeness (QED) is 0.850. The third-order valence-electron chi connectivity index (χ3n) is 2.41. The second-order valence-corrected chi connectivity index (χ2v) is 4.69. The van der Waals surface area contributed by atoms with Gasteiger partial charge in [0.05, 0.1) is 11.4 Å². The highest BCUT2D eigenvalue weighted by molar-refractivity contribution is 7.99. The summed E-state index contributed by atoms with van der Waals surface area (Å²) < 4.78 is 15.0. The Morgan fingerprint density at radius 3 is 2.89 bits per heavy atom. The van der Waals surface area contributed by atoms with Gasteiger partial charge in [-0.05, 0) is 18.2 Å². The van der Waals surface area contributed by atoms with Crippen molar-refractivity contribution >= 4 is 17.7 Å². The van der Waals surface area contributed by atoms with Gasteiger partial charge >= 0.3 is 5.97 Å². The topological polar surface area (TPSA) is 68.0 Å². The van der Waals surface area contributed by atoms with Crippen LogP contribution in [0, 0.1) is 5.82 Å². The Labute approximate surface area is 113 Å². The van der Waals surface area contributed by atoms with Crippen LogP contribution in [0.25, 0.3) is 5.69 Å². The number of aromatic nitrogens is 3. The van der Waals surface area contributed by atoms with Gasteiger partial charge in [0.15, 0.2) is 5.16 Å². The van der Waals surface area contributed by atoms with Gasteiger partial charge in [-0.2, -0.15) is 0 Å². The fraction of sp³-hybridized carbons (Fsp3) is 0.250. The summed E-state index contributed by atoms with van der Waals surface area (Å²) in [5, 5.41) is 17.1. The Morgan fingerprint density at radius 1 is 1.47 bits per heavy atom. The summed E-state index contributed by atoms with van der Waals surface area (Å²) in [6.07, 6.45) is 0.622. The number of carboxylic acids is 1. The van der Waals surface area contributed by atoms with Crippen LogP contribution < -0.4 is 0 Å². The van der Waals surface area contributed by atoms with E-state index in [0.717, 1.165) is 11.8 Å². The van der Waals surface area contributed by atoms with Crippen LogP contribution in [-0.4, -0.2) is 31.6 Å². The first-order valence-corrected chi connectivity index (χ1v) is 6.65. The van der Waals surface area contributed by atoms with E-state index in [1.807, 2.05) is 6.92 Å². The molecule has 2 rings (SSSR count). The van der Waals surface area contributed by atoms with E-state index in [-0.39, 0.29) is 11.6 Å². The Morgan fingerprint density at radius 2 is 2.26 bits per heavy atom. The van der Waals surface area contributed by atoms with E-state index in [4.69, 9.17) is 5.11 Å². The number of hydrogen-bond acceptors (Lipinski definition) is 4. The van der Waals surface area contributed by atoms with Crippen molar-refractivity contribution < 1.29 is 14.3 Å². The fourth-order valence-electron chi connectivity index (χ4n) is 1.62. The van der Waals surface area contributed by atoms with Crippen LogP contribution in [0.2, 0.25) is 0 Å². The summed E-state index contributed by atoms with van der Waals surface area (Å²) in [5.41, 5.74) is 0.592. The van der Waals surface area contributed by atoms with Crippen LogP contribution in [0.5, 0.6) is 0 Å². The predicted molar refractivity (Wildman–Crippen MR) is 69.1 cm³/mol. The molecule has 7 heteroatoms. The van der Waals surface area contributed by atoms with Crippen LogP contribution in [0.3, 0.4) is 0 Å². The molecule has 0 aliphatic heterocycles. The zero-order valence-corrected chi connectivity index (χ0v) is 11.0. The molecule has 2 aromatic rings. The van der Waals surface area contributed by atoms with Crippen molar-refractivity contribution in [2.24, 2.45) is 0 Å². The largest absolute Gasteiger partial charge is 0.481 e. The van der Waals surface area contributed by atoms with E-state index in [2.05, 4.69) is 10.2 Å². The number of nitrogens with zero attached hydrogens (tertiary/aromatic N) is 3. The lowest BCUT2D eigenvalue weighted by atomic mass is 10.3. The Balaban J connectivity index is 2.41. The van der Waals surface area contributed by atoms with Crippen LogP contribution in [-0.2, 0) is 11.2 Å². The molecule has 100 valence electrons. The number of carboxylic acid groups (broad SMARTS) is 1. The minimum atomic E-state index is -0.933. The number of halogens is 1. The maximum atomic E-state index is 13.3. The van der Waals surface area contributed by atoms with E-state index in [1.165, 1.54) is 12.1 Å². The molecule has 19 heavy (non-hydrogen) atoms. The molecule has 0 fully saturated rings. The SMILES string of the molecule is CCc1nnc(SCC(=O)O)n1-c1cccc(F)c1. The number of aryl methyl sites for hydroxylation is 1. The zero-order chi connectivity index (χ0) is 13.8. The molecule has 0 radical (unpaired) electrons. The summed E-state index contributed by atoms with van der Waals surface area (Å²) in [6.45, 7) is 1.91. The Bertz CT molecular complexity index is 600. The van der Waals surface area contributed by atoms with E-state index >= 15 is 0 Å². The van der Waals surface area contributed by atoms with Crippen LogP contribution in [0.1, 0.15) is 12.7 Å². The Hall–Kier alpha value is -1.89. The predicted octanol–water partition coefficient (Wildman–Crippen LogP) is 2.15. The standard InChI is InChI=1S/C12H12FN3O2S/c1-2-10-14-15-12(19-7-11(17)18)16(10)9-5-3-4-8(13)6-9/h3-6H,2,7H2,1H3,(H,17,18). The van der Waals surface area contributed by atoms with E-state index < -0.39 is 5.97 Å². The third kappa shape index (κ3) is 3.11. The molecule has 1 aromatic heterocycles. The number of benzene rings is 1. The molecular formula is C12H12FN3O2S. The first-order valence-electron chi connectivity index (χ1n) is 5.66. The second-order valence-electron chi connectivity index (χ2n) is 3.75. The van der Waals surface area contributed by atoms with Gasteiger partial charge in [0.1, 0.15) is 11.6 Å². The molecule has 0 amide bonds. The van der Waals surface area contributed by atoms with Gasteiger partial charge in [-0.1, -0.05) is 24.8 Å². The average molecular weight is 281 g/mol. The fourth-order valence-corrected chi connectivity index (χ4v) is 2.31. The Kier molecular flexibility index (Phi) is 4.16. The monoisotopic (exact) mass is 281 g/mol. The molecule has 0 unspecified atom stereocenters. The molecular weight excluding hydrogens is 269 g/mol. The minimum Gasteiger partial charge on any atom is -0.481 e. The van der Waals surface area contributed by atoms with Gasteiger partial charge in [0.2, 0.25) is 0 Å². The molecule has 0 atom stereocenters. The van der Waals surface area contributed by atoms with Gasteiger partial charge in [-0.3, -0.25) is 9.36 Å². The van der Waals surface area contributed by atoms with Gasteiger partial charge in [0, 0.05) is 6.42 Å². The normalized spacial score (nSPS) is 10.6. The lowest BCUT2D eigenvalue weighted by molar-refractivity contribution is -0.133. The lowest BCUT2D eigenvalue weighted by Gasteiger charge is -2.08. The highest BCUT2D eigenvalue weighted by Gasteiger charge is 2.14. The first kappa shape index (κ1) is 13.5. The summed E-state index contributed by atoms with van der Waals surface area (Å²) in [7, 11) is 0. The van der Waals surface area contributed by atoms with Crippen molar-refractivity contribution in [3.8, 4) is 5.69 Å². The molecule has 0 saturated carbocycles. The summed E-state index contributed by atoms with van der Waals surface area (Å²) >= 11 is 1.06. The van der Waals surface area contributed by atoms with Gasteiger partial charge in [0.25, 0.3) is 0 Å². The molecule has 0 aliphatic rings. The molecule has 1 heterocycles. The number of aliphatic carboxylic acids is 1. The minimum absolute atomic E-state index is 0.114. The van der Waals surface area contributed by atoms with Gasteiger partial charge < -0.3 is 5.11 Å². The van der Waals surface area contributed by atoms with Crippen molar-refractivity contribution in [2.75, 3.05) is 5.75 Å². The molecule has 5 nitrogen and oxygen atoms in total. The summed E-state index contributed by atoms with van der Waals surface area (Å²) in [6, 6.07) is 6.04. The lowest BCUT2D eigenvalue weighted by Crippen LogP contribution is -2.04. The number of rotatable bonds is 5. The number of thioether (sulfide) groups is 1. The van der Waals surface area contributed by atoms with E-state index in [1.54, 1.807) is 16.7 Å². The maximum absolute atomic E-state index is 13.3. The average Bonchev–Trinajstić information content (AvgIpc) is 2.79. The van der Waals surface area contributed by atoms with Crippen molar-refractivity contribution in [1.29, 1.82) is 0 Å². The molecule has 0 saturated heterocycles. The molecule has 1 aromatic carbocycles. The van der Waals surface area contributed by atoms with Gasteiger partial charge in [-0.25, -0.2) is 4.39 Å². The molecule has 1 N–H and O–H groups in total. The summed E-state index contributed by atoms with van der Waals surface area (Å²) in [5.74, 6) is -0.741. The van der Waals surface area contributed by atoms with Crippen molar-refractivity contribution in [1.82, 2.24) is 14.8 Å². The van der Waals surface area contributed by atoms with Gasteiger partial charge in [-0.15, -0.1) is 10.2 Å². The van der Waals surface area contributed by atoms with Crippen LogP contribution >= 0.6 is 11.8 Å². The van der Waals surface area contributed by atoms with Crippen LogP contribution in [0.15, 0.2) is 29.4 Å². The molecule has 0 spiro atoms. The smallest absolute Gasteiger partial charge is 0.313 e. The molecule has 0 aliphatic carbocycles. The third-order valence-corrected chi connectivity index (χ3v) is 3.32. The number of carbonyl (C=O) groups is 1. The first-order chi connectivity index (χ1) is 9.11. The highest BCUT2D eigenvalue weighted by Crippen LogP contribution is 2.22. The van der Waals surface area contributed by atoms with Crippen molar-refractivity contribution in [2.45, 2.75) is 18.5 Å². The van der Waals surface area contributed by atoms with Crippen LogP contribution in [0.4, 0.5) is 4.39 Å². The maximum Gasteiger partial charge on any atom is 0.313 e. The zero-order valence-electron chi connectivity index (χ0n) is 10.2. The number of hydrogen-bond donors (Lipinski definition) is 1. The summed E-state index contributed by atoms with van der Waals surface area (Å²) in [4.78, 5) is 10.6. The second kappa shape index (κ2) is 5.83. The van der Waals surface area contributed by atoms with Crippen molar-refractivity contribution in [3.63, 3.8) is 0 Å². The van der Waals surface area contributed by atoms with Crippen molar-refractivity contribution in [3.05, 3.63) is 35.9 Å². The van der Waals surface area contributed by atoms with E-state index in [0.29, 0.717) is 23.1 Å².